The highest BCUT2D eigenvalue weighted by Crippen LogP contribution is 2.32. The van der Waals surface area contributed by atoms with Crippen LogP contribution >= 0.6 is 0 Å². The summed E-state index contributed by atoms with van der Waals surface area (Å²) in [6, 6.07) is 12.3. The van der Waals surface area contributed by atoms with Gasteiger partial charge in [0.05, 0.1) is 0 Å². The third-order valence-corrected chi connectivity index (χ3v) is 4.23. The molecule has 2 heterocycles. The van der Waals surface area contributed by atoms with Gasteiger partial charge in [0.15, 0.2) is 0 Å². The Labute approximate surface area is 97.6 Å². The van der Waals surface area contributed by atoms with Crippen LogP contribution in [0.3, 0.4) is 0 Å². The molecule has 1 aromatic carbocycles. The first kappa shape index (κ1) is 10.3. The third kappa shape index (κ3) is 1.76. The van der Waals surface area contributed by atoms with Gasteiger partial charge in [-0.1, -0.05) is 30.3 Å². The molecule has 2 saturated heterocycles. The summed E-state index contributed by atoms with van der Waals surface area (Å²) < 4.78 is 0. The maximum atomic E-state index is 3.60. The minimum Gasteiger partial charge on any atom is -0.312 e. The van der Waals surface area contributed by atoms with Crippen molar-refractivity contribution in [2.45, 2.75) is 32.0 Å². The summed E-state index contributed by atoms with van der Waals surface area (Å²) in [5, 5.41) is 3.60. The Bertz CT molecular complexity index is 349. The van der Waals surface area contributed by atoms with Crippen LogP contribution in [-0.4, -0.2) is 30.1 Å². The van der Waals surface area contributed by atoms with Crippen molar-refractivity contribution < 1.29 is 0 Å². The molecule has 3 atom stereocenters. The highest BCUT2D eigenvalue weighted by atomic mass is 15.2. The van der Waals surface area contributed by atoms with Crippen LogP contribution in [-0.2, 0) is 6.54 Å². The van der Waals surface area contributed by atoms with Gasteiger partial charge in [-0.25, -0.2) is 0 Å². The Morgan fingerprint density at radius 2 is 2.12 bits per heavy atom. The van der Waals surface area contributed by atoms with E-state index in [4.69, 9.17) is 0 Å². The standard InChI is InChI=1S/C14H20N2/c1-11-13-7-8-16(14(13)9-15-11)10-12-5-3-2-4-6-12/h2-6,11,13-15H,7-10H2,1H3/t11?,13-,14+/m0/s1. The predicted molar refractivity (Wildman–Crippen MR) is 66.2 cm³/mol. The molecular weight excluding hydrogens is 196 g/mol. The molecule has 0 saturated carbocycles. The van der Waals surface area contributed by atoms with E-state index < -0.39 is 0 Å². The summed E-state index contributed by atoms with van der Waals surface area (Å²) >= 11 is 0. The van der Waals surface area contributed by atoms with Gasteiger partial charge in [0, 0.05) is 25.2 Å². The molecule has 0 radical (unpaired) electrons. The number of benzene rings is 1. The number of hydrogen-bond donors (Lipinski definition) is 1. The van der Waals surface area contributed by atoms with Gasteiger partial charge < -0.3 is 5.32 Å². The van der Waals surface area contributed by atoms with E-state index in [0.29, 0.717) is 6.04 Å². The number of likely N-dealkylation sites (tertiary alicyclic amines) is 1. The summed E-state index contributed by atoms with van der Waals surface area (Å²) in [6.07, 6.45) is 1.37. The molecule has 0 spiro atoms. The van der Waals surface area contributed by atoms with Crippen LogP contribution in [0.4, 0.5) is 0 Å². The topological polar surface area (TPSA) is 15.3 Å². The molecule has 3 rings (SSSR count). The normalized spacial score (nSPS) is 34.2. The first-order valence-corrected chi connectivity index (χ1v) is 6.36. The van der Waals surface area contributed by atoms with Gasteiger partial charge in [-0.15, -0.1) is 0 Å². The molecule has 0 bridgehead atoms. The lowest BCUT2D eigenvalue weighted by Gasteiger charge is -2.23. The fourth-order valence-corrected chi connectivity index (χ4v) is 3.28. The Kier molecular flexibility index (Phi) is 2.70. The molecule has 1 aromatic rings. The quantitative estimate of drug-likeness (QED) is 0.812. The van der Waals surface area contributed by atoms with E-state index in [1.165, 1.54) is 25.1 Å². The van der Waals surface area contributed by atoms with Crippen molar-refractivity contribution in [3.05, 3.63) is 35.9 Å². The van der Waals surface area contributed by atoms with Crippen LogP contribution in [0.2, 0.25) is 0 Å². The van der Waals surface area contributed by atoms with Crippen molar-refractivity contribution in [1.29, 1.82) is 0 Å². The minimum atomic E-state index is 0.714. The zero-order chi connectivity index (χ0) is 11.0. The van der Waals surface area contributed by atoms with Gasteiger partial charge >= 0.3 is 0 Å². The molecule has 2 aliphatic rings. The van der Waals surface area contributed by atoms with E-state index in [9.17, 15) is 0 Å². The molecule has 2 heteroatoms. The number of nitrogens with zero attached hydrogens (tertiary/aromatic N) is 1. The van der Waals surface area contributed by atoms with Crippen molar-refractivity contribution >= 4 is 0 Å². The summed E-state index contributed by atoms with van der Waals surface area (Å²) in [4.78, 5) is 2.65. The Hall–Kier alpha value is -0.860. The molecule has 2 nitrogen and oxygen atoms in total. The van der Waals surface area contributed by atoms with Crippen molar-refractivity contribution in [2.75, 3.05) is 13.1 Å². The van der Waals surface area contributed by atoms with E-state index in [-0.39, 0.29) is 0 Å². The zero-order valence-corrected chi connectivity index (χ0v) is 9.89. The predicted octanol–water partition coefficient (Wildman–Crippen LogP) is 1.87. The molecule has 16 heavy (non-hydrogen) atoms. The zero-order valence-electron chi connectivity index (χ0n) is 9.89. The number of nitrogens with one attached hydrogen (secondary N) is 1. The fraction of sp³-hybridized carbons (Fsp3) is 0.571. The van der Waals surface area contributed by atoms with Crippen molar-refractivity contribution in [1.82, 2.24) is 10.2 Å². The first-order valence-electron chi connectivity index (χ1n) is 6.36. The lowest BCUT2D eigenvalue weighted by Crippen LogP contribution is -2.33. The van der Waals surface area contributed by atoms with E-state index in [1.807, 2.05) is 0 Å². The summed E-state index contributed by atoms with van der Waals surface area (Å²) in [5.41, 5.74) is 1.45. The minimum absolute atomic E-state index is 0.714. The largest absolute Gasteiger partial charge is 0.312 e. The van der Waals surface area contributed by atoms with Crippen molar-refractivity contribution in [3.63, 3.8) is 0 Å². The Morgan fingerprint density at radius 3 is 2.94 bits per heavy atom. The lowest BCUT2D eigenvalue weighted by molar-refractivity contribution is 0.242. The molecule has 0 aromatic heterocycles. The van der Waals surface area contributed by atoms with Gasteiger partial charge in [-0.05, 0) is 31.4 Å². The Morgan fingerprint density at radius 1 is 1.31 bits per heavy atom. The SMILES string of the molecule is CC1NC[C@@H]2[C@H]1CCN2Cc1ccccc1. The van der Waals surface area contributed by atoms with E-state index in [1.54, 1.807) is 0 Å². The van der Waals surface area contributed by atoms with Crippen molar-refractivity contribution in [3.8, 4) is 0 Å². The maximum Gasteiger partial charge on any atom is 0.0267 e. The van der Waals surface area contributed by atoms with Crippen LogP contribution in [0.5, 0.6) is 0 Å². The molecular formula is C14H20N2. The molecule has 1 unspecified atom stereocenters. The number of fused-ring (bicyclic) bond motifs is 1. The van der Waals surface area contributed by atoms with E-state index >= 15 is 0 Å². The van der Waals surface area contributed by atoms with Gasteiger partial charge in [0.1, 0.15) is 0 Å². The van der Waals surface area contributed by atoms with Crippen LogP contribution < -0.4 is 5.32 Å². The van der Waals surface area contributed by atoms with Gasteiger partial charge in [0.25, 0.3) is 0 Å². The fourth-order valence-electron chi connectivity index (χ4n) is 3.28. The highest BCUT2D eigenvalue weighted by molar-refractivity contribution is 5.15. The first-order chi connectivity index (χ1) is 7.84. The number of rotatable bonds is 2. The van der Waals surface area contributed by atoms with Gasteiger partial charge in [0.2, 0.25) is 0 Å². The molecule has 1 N–H and O–H groups in total. The van der Waals surface area contributed by atoms with Gasteiger partial charge in [-0.2, -0.15) is 0 Å². The molecule has 0 aliphatic carbocycles. The summed E-state index contributed by atoms with van der Waals surface area (Å²) in [6.45, 7) is 5.90. The van der Waals surface area contributed by atoms with Crippen LogP contribution in [0.15, 0.2) is 30.3 Å². The Balaban J connectivity index is 1.69. The van der Waals surface area contributed by atoms with E-state index in [0.717, 1.165) is 18.5 Å². The second-order valence-electron chi connectivity index (χ2n) is 5.17. The molecule has 2 aliphatic heterocycles. The monoisotopic (exact) mass is 216 g/mol. The van der Waals surface area contributed by atoms with Gasteiger partial charge in [-0.3, -0.25) is 4.90 Å². The molecule has 2 fully saturated rings. The summed E-state index contributed by atoms with van der Waals surface area (Å²) in [7, 11) is 0. The second-order valence-corrected chi connectivity index (χ2v) is 5.17. The van der Waals surface area contributed by atoms with Crippen LogP contribution in [0, 0.1) is 5.92 Å². The second kappa shape index (κ2) is 4.19. The van der Waals surface area contributed by atoms with Crippen LogP contribution in [0.1, 0.15) is 18.9 Å². The van der Waals surface area contributed by atoms with Crippen molar-refractivity contribution in [2.24, 2.45) is 5.92 Å². The van der Waals surface area contributed by atoms with Crippen LogP contribution in [0.25, 0.3) is 0 Å². The molecule has 0 amide bonds. The summed E-state index contributed by atoms with van der Waals surface area (Å²) in [5.74, 6) is 0.878. The smallest absolute Gasteiger partial charge is 0.0267 e. The average molecular weight is 216 g/mol. The maximum absolute atomic E-state index is 3.60. The lowest BCUT2D eigenvalue weighted by atomic mass is 9.98. The highest BCUT2D eigenvalue weighted by Gasteiger charge is 2.41. The average Bonchev–Trinajstić information content (AvgIpc) is 2.86. The number of hydrogen-bond acceptors (Lipinski definition) is 2. The third-order valence-electron chi connectivity index (χ3n) is 4.23. The van der Waals surface area contributed by atoms with E-state index in [2.05, 4.69) is 47.5 Å². The molecule has 86 valence electrons.